The second-order valence-corrected chi connectivity index (χ2v) is 4.51. The third-order valence-corrected chi connectivity index (χ3v) is 3.05. The summed E-state index contributed by atoms with van der Waals surface area (Å²) in [6.07, 6.45) is 1.88. The van der Waals surface area contributed by atoms with Gasteiger partial charge in [-0.3, -0.25) is 9.59 Å². The number of carbonyl (C=O) groups excluding carboxylic acids is 1. The average Bonchev–Trinajstić information content (AvgIpc) is 3.01. The SMILES string of the molecule is O=C(NCCc1nc2ccccc2c(=O)[nH]1)c1ccco1. The molecule has 0 aliphatic heterocycles. The number of para-hydroxylation sites is 1. The number of aromatic nitrogens is 2. The lowest BCUT2D eigenvalue weighted by atomic mass is 10.2. The number of hydrogen-bond acceptors (Lipinski definition) is 4. The highest BCUT2D eigenvalue weighted by Crippen LogP contribution is 2.05. The van der Waals surface area contributed by atoms with Crippen LogP contribution in [-0.4, -0.2) is 22.4 Å². The molecule has 1 amide bonds. The molecule has 3 aromatic rings. The van der Waals surface area contributed by atoms with Gasteiger partial charge in [-0.15, -0.1) is 0 Å². The van der Waals surface area contributed by atoms with Crippen molar-refractivity contribution < 1.29 is 9.21 Å². The van der Waals surface area contributed by atoms with Crippen molar-refractivity contribution in [3.63, 3.8) is 0 Å². The smallest absolute Gasteiger partial charge is 0.286 e. The van der Waals surface area contributed by atoms with Gasteiger partial charge in [0.05, 0.1) is 17.2 Å². The molecular weight excluding hydrogens is 270 g/mol. The number of fused-ring (bicyclic) bond motifs is 1. The van der Waals surface area contributed by atoms with Gasteiger partial charge in [0.15, 0.2) is 5.76 Å². The molecule has 0 atom stereocenters. The van der Waals surface area contributed by atoms with Crippen LogP contribution >= 0.6 is 0 Å². The summed E-state index contributed by atoms with van der Waals surface area (Å²) in [5.41, 5.74) is 0.474. The summed E-state index contributed by atoms with van der Waals surface area (Å²) < 4.78 is 4.99. The van der Waals surface area contributed by atoms with Gasteiger partial charge >= 0.3 is 0 Å². The van der Waals surface area contributed by atoms with Crippen molar-refractivity contribution in [3.8, 4) is 0 Å². The maximum Gasteiger partial charge on any atom is 0.286 e. The number of nitrogens with one attached hydrogen (secondary N) is 2. The molecular formula is C15H13N3O3. The van der Waals surface area contributed by atoms with E-state index in [0.29, 0.717) is 29.7 Å². The summed E-state index contributed by atoms with van der Waals surface area (Å²) in [6, 6.07) is 10.4. The van der Waals surface area contributed by atoms with Gasteiger partial charge in [-0.1, -0.05) is 12.1 Å². The minimum absolute atomic E-state index is 0.173. The average molecular weight is 283 g/mol. The molecule has 0 aliphatic carbocycles. The topological polar surface area (TPSA) is 88.0 Å². The Labute approximate surface area is 119 Å². The molecule has 0 spiro atoms. The van der Waals surface area contributed by atoms with Gasteiger partial charge in [0, 0.05) is 13.0 Å². The summed E-state index contributed by atoms with van der Waals surface area (Å²) in [6.45, 7) is 0.362. The number of hydrogen-bond donors (Lipinski definition) is 2. The van der Waals surface area contributed by atoms with Crippen molar-refractivity contribution in [1.82, 2.24) is 15.3 Å². The van der Waals surface area contributed by atoms with Crippen LogP contribution in [0.3, 0.4) is 0 Å². The zero-order chi connectivity index (χ0) is 14.7. The Morgan fingerprint density at radius 3 is 2.90 bits per heavy atom. The van der Waals surface area contributed by atoms with Crippen LogP contribution in [0, 0.1) is 0 Å². The fraction of sp³-hybridized carbons (Fsp3) is 0.133. The van der Waals surface area contributed by atoms with E-state index < -0.39 is 0 Å². The number of nitrogens with zero attached hydrogens (tertiary/aromatic N) is 1. The highest BCUT2D eigenvalue weighted by molar-refractivity contribution is 5.91. The highest BCUT2D eigenvalue weighted by atomic mass is 16.3. The minimum Gasteiger partial charge on any atom is -0.459 e. The number of carbonyl (C=O) groups is 1. The van der Waals surface area contributed by atoms with E-state index in [1.54, 1.807) is 30.3 Å². The van der Waals surface area contributed by atoms with Crippen molar-refractivity contribution in [1.29, 1.82) is 0 Å². The first-order chi connectivity index (χ1) is 10.2. The Balaban J connectivity index is 1.68. The summed E-state index contributed by atoms with van der Waals surface area (Å²) in [5.74, 6) is 0.511. The van der Waals surface area contributed by atoms with Crippen molar-refractivity contribution in [2.45, 2.75) is 6.42 Å². The minimum atomic E-state index is -0.289. The van der Waals surface area contributed by atoms with E-state index in [0.717, 1.165) is 0 Å². The molecule has 0 saturated heterocycles. The molecule has 0 radical (unpaired) electrons. The van der Waals surface area contributed by atoms with Gasteiger partial charge < -0.3 is 14.7 Å². The Morgan fingerprint density at radius 1 is 1.24 bits per heavy atom. The summed E-state index contributed by atoms with van der Waals surface area (Å²) in [4.78, 5) is 30.6. The van der Waals surface area contributed by atoms with Gasteiger partial charge in [-0.05, 0) is 24.3 Å². The van der Waals surface area contributed by atoms with Crippen LogP contribution in [0.5, 0.6) is 0 Å². The van der Waals surface area contributed by atoms with Crippen molar-refractivity contribution >= 4 is 16.8 Å². The molecule has 3 rings (SSSR count). The third-order valence-electron chi connectivity index (χ3n) is 3.05. The molecule has 2 N–H and O–H groups in total. The second-order valence-electron chi connectivity index (χ2n) is 4.51. The maximum atomic E-state index is 11.9. The molecule has 0 saturated carbocycles. The number of furan rings is 1. The van der Waals surface area contributed by atoms with Gasteiger partial charge in [0.1, 0.15) is 5.82 Å². The lowest BCUT2D eigenvalue weighted by molar-refractivity contribution is 0.0926. The van der Waals surface area contributed by atoms with Crippen LogP contribution in [-0.2, 0) is 6.42 Å². The fourth-order valence-corrected chi connectivity index (χ4v) is 2.04. The van der Waals surface area contributed by atoms with Crippen LogP contribution in [0.1, 0.15) is 16.4 Å². The zero-order valence-corrected chi connectivity index (χ0v) is 11.1. The molecule has 2 heterocycles. The third kappa shape index (κ3) is 2.84. The monoisotopic (exact) mass is 283 g/mol. The standard InChI is InChI=1S/C15H13N3O3/c19-14-10-4-1-2-5-11(10)17-13(18-14)7-8-16-15(20)12-6-3-9-21-12/h1-6,9H,7-8H2,(H,16,20)(H,17,18,19). The number of aromatic amines is 1. The Hall–Kier alpha value is -2.89. The zero-order valence-electron chi connectivity index (χ0n) is 11.1. The molecule has 21 heavy (non-hydrogen) atoms. The molecule has 0 fully saturated rings. The van der Waals surface area contributed by atoms with E-state index in [9.17, 15) is 9.59 Å². The number of rotatable bonds is 4. The number of amides is 1. The fourth-order valence-electron chi connectivity index (χ4n) is 2.04. The van der Waals surface area contributed by atoms with E-state index >= 15 is 0 Å². The molecule has 1 aromatic carbocycles. The largest absolute Gasteiger partial charge is 0.459 e. The van der Waals surface area contributed by atoms with Gasteiger partial charge in [0.2, 0.25) is 0 Å². The van der Waals surface area contributed by atoms with Crippen LogP contribution in [0.15, 0.2) is 51.9 Å². The predicted molar refractivity (Wildman–Crippen MR) is 77.1 cm³/mol. The van der Waals surface area contributed by atoms with E-state index in [2.05, 4.69) is 15.3 Å². The van der Waals surface area contributed by atoms with E-state index in [4.69, 9.17) is 4.42 Å². The van der Waals surface area contributed by atoms with E-state index in [1.165, 1.54) is 6.26 Å². The molecule has 0 unspecified atom stereocenters. The quantitative estimate of drug-likeness (QED) is 0.759. The number of H-pyrrole nitrogens is 1. The predicted octanol–water partition coefficient (Wildman–Crippen LogP) is 1.49. The van der Waals surface area contributed by atoms with Crippen LogP contribution < -0.4 is 10.9 Å². The van der Waals surface area contributed by atoms with Gasteiger partial charge in [0.25, 0.3) is 11.5 Å². The Morgan fingerprint density at radius 2 is 2.10 bits per heavy atom. The van der Waals surface area contributed by atoms with Crippen LogP contribution in [0.25, 0.3) is 10.9 Å². The summed E-state index contributed by atoms with van der Waals surface area (Å²) >= 11 is 0. The molecule has 6 nitrogen and oxygen atoms in total. The lowest BCUT2D eigenvalue weighted by Gasteiger charge is -2.04. The first kappa shape index (κ1) is 13.1. The number of benzene rings is 1. The summed E-state index contributed by atoms with van der Waals surface area (Å²) in [7, 11) is 0. The molecule has 6 heteroatoms. The van der Waals surface area contributed by atoms with Gasteiger partial charge in [-0.2, -0.15) is 0 Å². The maximum absolute atomic E-state index is 11.9. The van der Waals surface area contributed by atoms with Crippen LogP contribution in [0.2, 0.25) is 0 Å². The first-order valence-corrected chi connectivity index (χ1v) is 6.54. The molecule has 0 bridgehead atoms. The van der Waals surface area contributed by atoms with Crippen molar-refractivity contribution in [2.75, 3.05) is 6.54 Å². The van der Waals surface area contributed by atoms with Crippen LogP contribution in [0.4, 0.5) is 0 Å². The first-order valence-electron chi connectivity index (χ1n) is 6.54. The highest BCUT2D eigenvalue weighted by Gasteiger charge is 2.08. The Kier molecular flexibility index (Phi) is 3.51. The molecule has 0 aliphatic rings. The molecule has 2 aromatic heterocycles. The second kappa shape index (κ2) is 5.62. The summed E-state index contributed by atoms with van der Waals surface area (Å²) in [5, 5.41) is 3.26. The van der Waals surface area contributed by atoms with Gasteiger partial charge in [-0.25, -0.2) is 4.98 Å². The van der Waals surface area contributed by atoms with E-state index in [1.807, 2.05) is 6.07 Å². The molecule has 106 valence electrons. The normalized spacial score (nSPS) is 10.7. The van der Waals surface area contributed by atoms with E-state index in [-0.39, 0.29) is 17.2 Å². The van der Waals surface area contributed by atoms with Crippen molar-refractivity contribution in [2.24, 2.45) is 0 Å². The lowest BCUT2D eigenvalue weighted by Crippen LogP contribution is -2.26. The Bertz CT molecular complexity index is 822. The van der Waals surface area contributed by atoms with Crippen molar-refractivity contribution in [3.05, 3.63) is 64.6 Å².